The van der Waals surface area contributed by atoms with Gasteiger partial charge in [0.25, 0.3) is 11.8 Å². The molecule has 2 rings (SSSR count). The monoisotopic (exact) mass is 348 g/mol. The van der Waals surface area contributed by atoms with Gasteiger partial charge in [0.05, 0.1) is 11.8 Å². The highest BCUT2D eigenvalue weighted by Gasteiger charge is 2.12. The van der Waals surface area contributed by atoms with Crippen LogP contribution in [0, 0.1) is 0 Å². The molecule has 2 aromatic carbocycles. The molecule has 0 bridgehead atoms. The van der Waals surface area contributed by atoms with E-state index in [2.05, 4.69) is 0 Å². The molecular weight excluding hydrogens is 332 g/mol. The van der Waals surface area contributed by atoms with Gasteiger partial charge in [0, 0.05) is 5.56 Å². The van der Waals surface area contributed by atoms with Crippen LogP contribution in [0.2, 0.25) is 0 Å². The smallest absolute Gasteiger partial charge is 0.264 e. The molecule has 0 saturated heterocycles. The fourth-order valence-electron chi connectivity index (χ4n) is 1.99. The second kappa shape index (κ2) is 7.14. The highest BCUT2D eigenvalue weighted by Crippen LogP contribution is 2.19. The standard InChI is InChI=1S/C16H16N2O5S/c1-24(21,22)18-16(20)12-6-4-5-11(9-12)10-23-14-8-3-2-7-13(14)15(17)19/h2-9H,10H2,1H3,(H2,17,19)(H,18,20). The van der Waals surface area contributed by atoms with Gasteiger partial charge in [0.1, 0.15) is 12.4 Å². The molecule has 0 aliphatic heterocycles. The van der Waals surface area contributed by atoms with E-state index in [0.29, 0.717) is 11.3 Å². The molecule has 0 spiro atoms. The lowest BCUT2D eigenvalue weighted by Gasteiger charge is -2.10. The maximum absolute atomic E-state index is 11.8. The van der Waals surface area contributed by atoms with Crippen LogP contribution in [0.3, 0.4) is 0 Å². The molecule has 24 heavy (non-hydrogen) atoms. The van der Waals surface area contributed by atoms with E-state index in [1.165, 1.54) is 12.1 Å². The minimum Gasteiger partial charge on any atom is -0.488 e. The summed E-state index contributed by atoms with van der Waals surface area (Å²) in [5.41, 5.74) is 6.35. The second-order valence-electron chi connectivity index (χ2n) is 5.05. The van der Waals surface area contributed by atoms with Gasteiger partial charge >= 0.3 is 0 Å². The Balaban J connectivity index is 2.13. The highest BCUT2D eigenvalue weighted by atomic mass is 32.2. The first-order valence-corrected chi connectivity index (χ1v) is 8.78. The number of rotatable bonds is 6. The summed E-state index contributed by atoms with van der Waals surface area (Å²) in [5, 5.41) is 0. The van der Waals surface area contributed by atoms with E-state index in [1.54, 1.807) is 36.4 Å². The van der Waals surface area contributed by atoms with Crippen LogP contribution in [0.1, 0.15) is 26.3 Å². The van der Waals surface area contributed by atoms with Gasteiger partial charge in [0.15, 0.2) is 0 Å². The van der Waals surface area contributed by atoms with Crippen LogP contribution in [-0.2, 0) is 16.6 Å². The lowest BCUT2D eigenvalue weighted by Crippen LogP contribution is -2.29. The number of hydrogen-bond donors (Lipinski definition) is 2. The molecule has 0 aliphatic carbocycles. The first-order chi connectivity index (χ1) is 11.3. The summed E-state index contributed by atoms with van der Waals surface area (Å²) in [6.07, 6.45) is 0.901. The van der Waals surface area contributed by atoms with Crippen molar-refractivity contribution in [1.82, 2.24) is 4.72 Å². The zero-order chi connectivity index (χ0) is 17.7. The number of amides is 2. The largest absolute Gasteiger partial charge is 0.488 e. The molecule has 2 aromatic rings. The maximum atomic E-state index is 11.8. The normalized spacial score (nSPS) is 10.9. The Morgan fingerprint density at radius 3 is 2.50 bits per heavy atom. The molecule has 7 nitrogen and oxygen atoms in total. The van der Waals surface area contributed by atoms with Crippen LogP contribution in [0.5, 0.6) is 5.75 Å². The van der Waals surface area contributed by atoms with Crippen LogP contribution in [0.25, 0.3) is 0 Å². The van der Waals surface area contributed by atoms with Gasteiger partial charge in [-0.3, -0.25) is 9.59 Å². The molecule has 0 fully saturated rings. The van der Waals surface area contributed by atoms with E-state index < -0.39 is 21.8 Å². The number of hydrogen-bond acceptors (Lipinski definition) is 5. The van der Waals surface area contributed by atoms with Crippen LogP contribution in [0.4, 0.5) is 0 Å². The summed E-state index contributed by atoms with van der Waals surface area (Å²) in [4.78, 5) is 23.2. The quantitative estimate of drug-likeness (QED) is 0.810. The van der Waals surface area contributed by atoms with Crippen LogP contribution in [0.15, 0.2) is 48.5 Å². The topological polar surface area (TPSA) is 116 Å². The molecule has 0 radical (unpaired) electrons. The summed E-state index contributed by atoms with van der Waals surface area (Å²) in [5.74, 6) is -1.00. The molecule has 0 saturated carbocycles. The number of nitrogens with one attached hydrogen (secondary N) is 1. The van der Waals surface area contributed by atoms with Gasteiger partial charge in [-0.05, 0) is 29.8 Å². The number of carbonyl (C=O) groups is 2. The van der Waals surface area contributed by atoms with Crippen molar-refractivity contribution < 1.29 is 22.7 Å². The summed E-state index contributed by atoms with van der Waals surface area (Å²) in [6.45, 7) is 0.0876. The number of nitrogens with two attached hydrogens (primary N) is 1. The average molecular weight is 348 g/mol. The van der Waals surface area contributed by atoms with Gasteiger partial charge in [-0.25, -0.2) is 13.1 Å². The van der Waals surface area contributed by atoms with E-state index in [1.807, 2.05) is 4.72 Å². The van der Waals surface area contributed by atoms with Crippen molar-refractivity contribution >= 4 is 21.8 Å². The molecule has 0 aromatic heterocycles. The molecule has 8 heteroatoms. The van der Waals surface area contributed by atoms with Crippen molar-refractivity contribution in [2.45, 2.75) is 6.61 Å². The van der Waals surface area contributed by atoms with Crippen LogP contribution in [-0.4, -0.2) is 26.5 Å². The lowest BCUT2D eigenvalue weighted by molar-refractivity contribution is 0.0978. The van der Waals surface area contributed by atoms with Crippen LogP contribution < -0.4 is 15.2 Å². The Bertz CT molecular complexity index is 878. The summed E-state index contributed by atoms with van der Waals surface area (Å²) in [6, 6.07) is 12.9. The summed E-state index contributed by atoms with van der Waals surface area (Å²) < 4.78 is 29.7. The highest BCUT2D eigenvalue weighted by molar-refractivity contribution is 7.89. The van der Waals surface area contributed by atoms with E-state index >= 15 is 0 Å². The molecular formula is C16H16N2O5S. The lowest BCUT2D eigenvalue weighted by atomic mass is 10.1. The summed E-state index contributed by atoms with van der Waals surface area (Å²) in [7, 11) is -3.64. The Labute approximate surface area is 139 Å². The van der Waals surface area contributed by atoms with E-state index in [0.717, 1.165) is 6.26 Å². The SMILES string of the molecule is CS(=O)(=O)NC(=O)c1cccc(COc2ccccc2C(N)=O)c1. The third-order valence-corrected chi connectivity index (χ3v) is 3.57. The fraction of sp³-hybridized carbons (Fsp3) is 0.125. The van der Waals surface area contributed by atoms with Crippen molar-refractivity contribution in [2.75, 3.05) is 6.26 Å². The van der Waals surface area contributed by atoms with Gasteiger partial charge in [-0.1, -0.05) is 24.3 Å². The van der Waals surface area contributed by atoms with E-state index in [4.69, 9.17) is 10.5 Å². The Morgan fingerprint density at radius 2 is 1.83 bits per heavy atom. The van der Waals surface area contributed by atoms with E-state index in [9.17, 15) is 18.0 Å². The zero-order valence-corrected chi connectivity index (χ0v) is 13.7. The van der Waals surface area contributed by atoms with Gasteiger partial charge in [0.2, 0.25) is 10.0 Å². The number of benzene rings is 2. The van der Waals surface area contributed by atoms with Gasteiger partial charge in [-0.15, -0.1) is 0 Å². The predicted molar refractivity (Wildman–Crippen MR) is 88.0 cm³/mol. The van der Waals surface area contributed by atoms with Crippen molar-refractivity contribution in [1.29, 1.82) is 0 Å². The van der Waals surface area contributed by atoms with Crippen molar-refractivity contribution in [3.8, 4) is 5.75 Å². The number of ether oxygens (including phenoxy) is 1. The Kier molecular flexibility index (Phi) is 5.20. The molecule has 0 heterocycles. The van der Waals surface area contributed by atoms with Gasteiger partial charge in [-0.2, -0.15) is 0 Å². The van der Waals surface area contributed by atoms with Crippen molar-refractivity contribution in [3.05, 3.63) is 65.2 Å². The number of para-hydroxylation sites is 1. The third-order valence-electron chi connectivity index (χ3n) is 3.01. The maximum Gasteiger partial charge on any atom is 0.264 e. The molecule has 2 amide bonds. The first kappa shape index (κ1) is 17.5. The molecule has 3 N–H and O–H groups in total. The van der Waals surface area contributed by atoms with Crippen molar-refractivity contribution in [2.24, 2.45) is 5.73 Å². The zero-order valence-electron chi connectivity index (χ0n) is 12.9. The molecule has 0 atom stereocenters. The third kappa shape index (κ3) is 4.82. The predicted octanol–water partition coefficient (Wildman–Crippen LogP) is 1.05. The van der Waals surface area contributed by atoms with Crippen LogP contribution >= 0.6 is 0 Å². The number of sulfonamides is 1. The fourth-order valence-corrected chi connectivity index (χ4v) is 2.44. The van der Waals surface area contributed by atoms with Gasteiger partial charge < -0.3 is 10.5 Å². The second-order valence-corrected chi connectivity index (χ2v) is 6.80. The Morgan fingerprint density at radius 1 is 1.12 bits per heavy atom. The van der Waals surface area contributed by atoms with Crippen molar-refractivity contribution in [3.63, 3.8) is 0 Å². The minimum absolute atomic E-state index is 0.0876. The number of carbonyl (C=O) groups excluding carboxylic acids is 2. The Hall–Kier alpha value is -2.87. The van der Waals surface area contributed by atoms with E-state index in [-0.39, 0.29) is 17.7 Å². The minimum atomic E-state index is -3.64. The number of primary amides is 1. The summed E-state index contributed by atoms with van der Waals surface area (Å²) >= 11 is 0. The first-order valence-electron chi connectivity index (χ1n) is 6.89. The molecule has 0 unspecified atom stereocenters. The average Bonchev–Trinajstić information content (AvgIpc) is 2.52. The molecule has 0 aliphatic rings. The molecule has 126 valence electrons.